The molecular formula is C12H12N6O2. The smallest absolute Gasteiger partial charge is 0.305 e. The van der Waals surface area contributed by atoms with Crippen molar-refractivity contribution in [3.63, 3.8) is 0 Å². The van der Waals surface area contributed by atoms with Gasteiger partial charge in [0, 0.05) is 31.4 Å². The van der Waals surface area contributed by atoms with Crippen LogP contribution in [0.1, 0.15) is 17.9 Å². The molecule has 0 fully saturated rings. The summed E-state index contributed by atoms with van der Waals surface area (Å²) < 4.78 is 0. The fourth-order valence-electron chi connectivity index (χ4n) is 1.69. The number of aromatic nitrogens is 3. The summed E-state index contributed by atoms with van der Waals surface area (Å²) in [5.74, 6) is 1.35. The molecule has 0 bridgehead atoms. The average molecular weight is 272 g/mol. The molecule has 0 aliphatic rings. The lowest BCUT2D eigenvalue weighted by Gasteiger charge is -2.05. The Morgan fingerprint density at radius 2 is 2.35 bits per heavy atom. The Morgan fingerprint density at radius 3 is 3.00 bits per heavy atom. The van der Waals surface area contributed by atoms with Crippen molar-refractivity contribution in [1.82, 2.24) is 15.0 Å². The van der Waals surface area contributed by atoms with Crippen molar-refractivity contribution in [3.8, 4) is 6.07 Å². The number of anilines is 1. The maximum atomic E-state index is 10.7. The second-order valence-electron chi connectivity index (χ2n) is 4.00. The van der Waals surface area contributed by atoms with Crippen LogP contribution in [0.25, 0.3) is 0 Å². The Morgan fingerprint density at radius 1 is 1.50 bits per heavy atom. The molecule has 102 valence electrons. The number of imidazole rings is 1. The van der Waals surface area contributed by atoms with Gasteiger partial charge in [0.05, 0.1) is 4.92 Å². The van der Waals surface area contributed by atoms with E-state index in [-0.39, 0.29) is 11.4 Å². The van der Waals surface area contributed by atoms with Crippen LogP contribution in [-0.2, 0) is 6.42 Å². The van der Waals surface area contributed by atoms with E-state index in [9.17, 15) is 10.1 Å². The van der Waals surface area contributed by atoms with E-state index in [2.05, 4.69) is 20.3 Å². The number of nitrogens with one attached hydrogen (secondary N) is 2. The average Bonchev–Trinajstić information content (AvgIpc) is 2.96. The van der Waals surface area contributed by atoms with Crippen molar-refractivity contribution in [2.75, 3.05) is 11.9 Å². The predicted molar refractivity (Wildman–Crippen MR) is 71.0 cm³/mol. The minimum absolute atomic E-state index is 0.189. The van der Waals surface area contributed by atoms with E-state index in [1.54, 1.807) is 18.5 Å². The van der Waals surface area contributed by atoms with E-state index in [0.717, 1.165) is 18.7 Å². The van der Waals surface area contributed by atoms with Crippen molar-refractivity contribution in [3.05, 3.63) is 46.2 Å². The highest BCUT2D eigenvalue weighted by molar-refractivity contribution is 5.50. The molecule has 0 aliphatic carbocycles. The third-order valence-corrected chi connectivity index (χ3v) is 2.63. The summed E-state index contributed by atoms with van der Waals surface area (Å²) in [6, 6.07) is 4.49. The Balaban J connectivity index is 1.90. The summed E-state index contributed by atoms with van der Waals surface area (Å²) in [5, 5.41) is 22.5. The van der Waals surface area contributed by atoms with Crippen molar-refractivity contribution in [1.29, 1.82) is 5.26 Å². The van der Waals surface area contributed by atoms with Crippen molar-refractivity contribution >= 4 is 11.5 Å². The van der Waals surface area contributed by atoms with E-state index in [0.29, 0.717) is 12.4 Å². The van der Waals surface area contributed by atoms with Gasteiger partial charge in [-0.3, -0.25) is 10.1 Å². The first-order chi connectivity index (χ1) is 9.70. The first kappa shape index (κ1) is 13.5. The van der Waals surface area contributed by atoms with E-state index < -0.39 is 4.92 Å². The summed E-state index contributed by atoms with van der Waals surface area (Å²) in [6.07, 6.45) is 5.08. The summed E-state index contributed by atoms with van der Waals surface area (Å²) in [7, 11) is 0. The molecule has 0 aromatic carbocycles. The van der Waals surface area contributed by atoms with Crippen LogP contribution in [0.3, 0.4) is 0 Å². The molecule has 8 nitrogen and oxygen atoms in total. The molecule has 0 spiro atoms. The highest BCUT2D eigenvalue weighted by atomic mass is 16.6. The first-order valence-electron chi connectivity index (χ1n) is 5.98. The molecule has 2 rings (SSSR count). The number of pyridine rings is 1. The highest BCUT2D eigenvalue weighted by Gasteiger charge is 2.15. The van der Waals surface area contributed by atoms with Crippen LogP contribution in [0.15, 0.2) is 24.5 Å². The van der Waals surface area contributed by atoms with Crippen molar-refractivity contribution < 1.29 is 4.92 Å². The van der Waals surface area contributed by atoms with Crippen LogP contribution in [0.4, 0.5) is 11.5 Å². The zero-order valence-corrected chi connectivity index (χ0v) is 10.5. The van der Waals surface area contributed by atoms with Crippen LogP contribution < -0.4 is 5.32 Å². The van der Waals surface area contributed by atoms with Gasteiger partial charge in [-0.1, -0.05) is 0 Å². The van der Waals surface area contributed by atoms with Crippen LogP contribution in [0, 0.1) is 21.4 Å². The fraction of sp³-hybridized carbons (Fsp3) is 0.250. The fourth-order valence-corrected chi connectivity index (χ4v) is 1.69. The second kappa shape index (κ2) is 6.29. The second-order valence-corrected chi connectivity index (χ2v) is 4.00. The quantitative estimate of drug-likeness (QED) is 0.468. The Bertz CT molecular complexity index is 632. The van der Waals surface area contributed by atoms with Gasteiger partial charge in [0.2, 0.25) is 5.69 Å². The van der Waals surface area contributed by atoms with Gasteiger partial charge < -0.3 is 10.3 Å². The number of nitrogens with zero attached hydrogens (tertiary/aromatic N) is 4. The Kier molecular flexibility index (Phi) is 4.24. The van der Waals surface area contributed by atoms with Gasteiger partial charge in [-0.05, 0) is 12.5 Å². The molecule has 0 unspecified atom stereocenters. The predicted octanol–water partition coefficient (Wildman–Crippen LogP) is 1.63. The number of hydrogen-bond acceptors (Lipinski definition) is 6. The molecule has 0 atom stereocenters. The number of aromatic amines is 1. The van der Waals surface area contributed by atoms with E-state index in [1.807, 2.05) is 0 Å². The van der Waals surface area contributed by atoms with E-state index in [4.69, 9.17) is 5.26 Å². The summed E-state index contributed by atoms with van der Waals surface area (Å²) in [5.41, 5.74) is -0.473. The summed E-state index contributed by atoms with van der Waals surface area (Å²) in [4.78, 5) is 21.1. The van der Waals surface area contributed by atoms with Gasteiger partial charge in [-0.2, -0.15) is 5.26 Å². The molecule has 2 N–H and O–H groups in total. The minimum atomic E-state index is -0.619. The topological polar surface area (TPSA) is 121 Å². The SMILES string of the molecule is N#Cc1nc(NCCCc2ncc[nH]2)ccc1[N+](=O)[O-]. The standard InChI is InChI=1S/C12H12N6O2/c13-8-9-10(18(19)20)3-4-12(17-9)14-5-1-2-11-15-6-7-16-11/h3-4,6-7H,1-2,5H2,(H,14,17)(H,15,16). The zero-order valence-electron chi connectivity index (χ0n) is 10.5. The molecule has 0 aliphatic heterocycles. The van der Waals surface area contributed by atoms with Crippen molar-refractivity contribution in [2.45, 2.75) is 12.8 Å². The van der Waals surface area contributed by atoms with Crippen LogP contribution in [-0.4, -0.2) is 26.4 Å². The van der Waals surface area contributed by atoms with Crippen LogP contribution in [0.2, 0.25) is 0 Å². The monoisotopic (exact) mass is 272 g/mol. The van der Waals surface area contributed by atoms with E-state index >= 15 is 0 Å². The molecule has 0 saturated carbocycles. The number of aryl methyl sites for hydroxylation is 1. The molecule has 0 saturated heterocycles. The Labute approximate surface area is 114 Å². The number of H-pyrrole nitrogens is 1. The minimum Gasteiger partial charge on any atom is -0.370 e. The van der Waals surface area contributed by atoms with Gasteiger partial charge in [-0.15, -0.1) is 0 Å². The third-order valence-electron chi connectivity index (χ3n) is 2.63. The maximum Gasteiger partial charge on any atom is 0.305 e. The maximum absolute atomic E-state index is 10.7. The molecule has 0 radical (unpaired) electrons. The molecule has 8 heteroatoms. The zero-order chi connectivity index (χ0) is 14.4. The largest absolute Gasteiger partial charge is 0.370 e. The highest BCUT2D eigenvalue weighted by Crippen LogP contribution is 2.17. The van der Waals surface area contributed by atoms with E-state index in [1.165, 1.54) is 12.1 Å². The summed E-state index contributed by atoms with van der Waals surface area (Å²) >= 11 is 0. The van der Waals surface area contributed by atoms with Gasteiger partial charge in [0.25, 0.3) is 0 Å². The lowest BCUT2D eigenvalue weighted by molar-refractivity contribution is -0.385. The van der Waals surface area contributed by atoms with Gasteiger partial charge in [-0.25, -0.2) is 9.97 Å². The van der Waals surface area contributed by atoms with Crippen LogP contribution in [0.5, 0.6) is 0 Å². The number of hydrogen-bond donors (Lipinski definition) is 2. The van der Waals surface area contributed by atoms with Crippen LogP contribution >= 0.6 is 0 Å². The lowest BCUT2D eigenvalue weighted by atomic mass is 10.3. The number of nitriles is 1. The van der Waals surface area contributed by atoms with Gasteiger partial charge >= 0.3 is 5.69 Å². The normalized spacial score (nSPS) is 9.95. The summed E-state index contributed by atoms with van der Waals surface area (Å²) in [6.45, 7) is 0.635. The molecule has 20 heavy (non-hydrogen) atoms. The Hall–Kier alpha value is -2.95. The first-order valence-corrected chi connectivity index (χ1v) is 5.98. The molecular weight excluding hydrogens is 260 g/mol. The lowest BCUT2D eigenvalue weighted by Crippen LogP contribution is -2.06. The molecule has 2 aromatic heterocycles. The third kappa shape index (κ3) is 3.29. The molecule has 0 amide bonds. The van der Waals surface area contributed by atoms with Gasteiger partial charge in [0.1, 0.15) is 17.7 Å². The number of rotatable bonds is 6. The number of nitro groups is 1. The molecule has 2 aromatic rings. The molecule has 2 heterocycles. The van der Waals surface area contributed by atoms with Gasteiger partial charge in [0.15, 0.2) is 0 Å². The van der Waals surface area contributed by atoms with Crippen molar-refractivity contribution in [2.24, 2.45) is 0 Å².